The summed E-state index contributed by atoms with van der Waals surface area (Å²) in [5.41, 5.74) is 6.25. The van der Waals surface area contributed by atoms with E-state index in [2.05, 4.69) is 13.8 Å². The number of hydrogen-bond donors (Lipinski definition) is 2. The number of nitrogens with two attached hydrogens (primary N) is 1. The average Bonchev–Trinajstić information content (AvgIpc) is 2.41. The maximum absolute atomic E-state index is 9.69. The Kier molecular flexibility index (Phi) is 8.02. The minimum atomic E-state index is -0.655. The summed E-state index contributed by atoms with van der Waals surface area (Å²) in [5, 5.41) is 9.69. The molecule has 5 nitrogen and oxygen atoms in total. The molecule has 0 heterocycles. The van der Waals surface area contributed by atoms with E-state index in [-0.39, 0.29) is 13.2 Å². The fourth-order valence-electron chi connectivity index (χ4n) is 1.46. The number of anilines is 1. The molecule has 20 heavy (non-hydrogen) atoms. The van der Waals surface area contributed by atoms with Crippen LogP contribution >= 0.6 is 0 Å². The second-order valence-electron chi connectivity index (χ2n) is 5.08. The Balaban J connectivity index is 2.03. The van der Waals surface area contributed by atoms with Crippen molar-refractivity contribution in [1.82, 2.24) is 0 Å². The highest BCUT2D eigenvalue weighted by molar-refractivity contribution is 5.41. The van der Waals surface area contributed by atoms with Crippen molar-refractivity contribution >= 4 is 5.69 Å². The first-order valence-corrected chi connectivity index (χ1v) is 6.90. The van der Waals surface area contributed by atoms with E-state index in [0.29, 0.717) is 30.6 Å². The van der Waals surface area contributed by atoms with Crippen molar-refractivity contribution in [2.75, 3.05) is 38.8 Å². The van der Waals surface area contributed by atoms with Crippen LogP contribution in [0.3, 0.4) is 0 Å². The minimum Gasteiger partial charge on any atom is -0.491 e. The quantitative estimate of drug-likeness (QED) is 0.505. The van der Waals surface area contributed by atoms with Gasteiger partial charge in [-0.15, -0.1) is 0 Å². The molecule has 0 amide bonds. The maximum atomic E-state index is 9.69. The van der Waals surface area contributed by atoms with Crippen LogP contribution < -0.4 is 10.5 Å². The molecule has 114 valence electrons. The summed E-state index contributed by atoms with van der Waals surface area (Å²) in [6.45, 7) is 6.37. The molecule has 0 aliphatic rings. The van der Waals surface area contributed by atoms with Gasteiger partial charge in [0.2, 0.25) is 0 Å². The first-order valence-electron chi connectivity index (χ1n) is 6.90. The Bertz CT molecular complexity index is 353. The summed E-state index contributed by atoms with van der Waals surface area (Å²) in [4.78, 5) is 0. The molecule has 0 spiro atoms. The van der Waals surface area contributed by atoms with E-state index >= 15 is 0 Å². The lowest BCUT2D eigenvalue weighted by Gasteiger charge is -2.13. The predicted molar refractivity (Wildman–Crippen MR) is 78.8 cm³/mol. The lowest BCUT2D eigenvalue weighted by molar-refractivity contribution is -0.0139. The number of aliphatic hydroxyl groups excluding tert-OH is 1. The van der Waals surface area contributed by atoms with E-state index in [4.69, 9.17) is 19.9 Å². The van der Waals surface area contributed by atoms with Crippen molar-refractivity contribution in [2.24, 2.45) is 5.92 Å². The SMILES string of the molecule is CC(C)COCCOCC(O)COc1ccc(N)cc1. The molecule has 0 radical (unpaired) electrons. The molecule has 1 aromatic carbocycles. The van der Waals surface area contributed by atoms with Gasteiger partial charge in [-0.25, -0.2) is 0 Å². The molecule has 1 unspecified atom stereocenters. The summed E-state index contributed by atoms with van der Waals surface area (Å²) < 4.78 is 16.1. The fraction of sp³-hybridized carbons (Fsp3) is 0.600. The van der Waals surface area contributed by atoms with Gasteiger partial charge in [0, 0.05) is 12.3 Å². The van der Waals surface area contributed by atoms with Crippen molar-refractivity contribution in [3.05, 3.63) is 24.3 Å². The summed E-state index contributed by atoms with van der Waals surface area (Å²) in [7, 11) is 0. The van der Waals surface area contributed by atoms with Crippen molar-refractivity contribution in [2.45, 2.75) is 20.0 Å². The molecule has 3 N–H and O–H groups in total. The predicted octanol–water partition coefficient (Wildman–Crippen LogP) is 1.70. The molecule has 1 atom stereocenters. The van der Waals surface area contributed by atoms with Crippen LogP contribution in [0.15, 0.2) is 24.3 Å². The van der Waals surface area contributed by atoms with Crippen LogP contribution in [0.25, 0.3) is 0 Å². The molecular formula is C15H25NO4. The van der Waals surface area contributed by atoms with Crippen LogP contribution in [0.5, 0.6) is 5.75 Å². The van der Waals surface area contributed by atoms with Gasteiger partial charge < -0.3 is 25.1 Å². The monoisotopic (exact) mass is 283 g/mol. The van der Waals surface area contributed by atoms with Crippen LogP contribution in [-0.4, -0.2) is 44.2 Å². The lowest BCUT2D eigenvalue weighted by atomic mass is 10.2. The largest absolute Gasteiger partial charge is 0.491 e. The van der Waals surface area contributed by atoms with Crippen LogP contribution in [0, 0.1) is 5.92 Å². The summed E-state index contributed by atoms with van der Waals surface area (Å²) >= 11 is 0. The fourth-order valence-corrected chi connectivity index (χ4v) is 1.46. The highest BCUT2D eigenvalue weighted by Crippen LogP contribution is 2.13. The third-order valence-corrected chi connectivity index (χ3v) is 2.46. The zero-order valence-electron chi connectivity index (χ0n) is 12.2. The molecule has 0 fully saturated rings. The van der Waals surface area contributed by atoms with E-state index < -0.39 is 6.10 Å². The number of hydrogen-bond acceptors (Lipinski definition) is 5. The highest BCUT2D eigenvalue weighted by atomic mass is 16.5. The van der Waals surface area contributed by atoms with Crippen molar-refractivity contribution < 1.29 is 19.3 Å². The van der Waals surface area contributed by atoms with Gasteiger partial charge in [-0.05, 0) is 30.2 Å². The van der Waals surface area contributed by atoms with Gasteiger partial charge in [0.25, 0.3) is 0 Å². The van der Waals surface area contributed by atoms with Gasteiger partial charge in [-0.3, -0.25) is 0 Å². The molecule has 1 rings (SSSR count). The molecule has 5 heteroatoms. The standard InChI is InChI=1S/C15H25NO4/c1-12(2)9-18-7-8-19-10-14(17)11-20-15-5-3-13(16)4-6-15/h3-6,12,14,17H,7-11,16H2,1-2H3. The van der Waals surface area contributed by atoms with Crippen molar-refractivity contribution in [3.63, 3.8) is 0 Å². The van der Waals surface area contributed by atoms with Crippen LogP contribution in [0.4, 0.5) is 5.69 Å². The second-order valence-corrected chi connectivity index (χ2v) is 5.08. The Morgan fingerprint density at radius 2 is 1.60 bits per heavy atom. The summed E-state index contributed by atoms with van der Waals surface area (Å²) in [6, 6.07) is 7.04. The zero-order valence-corrected chi connectivity index (χ0v) is 12.2. The number of benzene rings is 1. The molecule has 0 aliphatic carbocycles. The summed E-state index contributed by atoms with van der Waals surface area (Å²) in [5.74, 6) is 1.20. The highest BCUT2D eigenvalue weighted by Gasteiger charge is 2.05. The molecular weight excluding hydrogens is 258 g/mol. The van der Waals surface area contributed by atoms with Gasteiger partial charge in [-0.2, -0.15) is 0 Å². The van der Waals surface area contributed by atoms with Gasteiger partial charge in [0.15, 0.2) is 0 Å². The smallest absolute Gasteiger partial charge is 0.119 e. The Morgan fingerprint density at radius 3 is 2.20 bits per heavy atom. The van der Waals surface area contributed by atoms with E-state index in [1.807, 2.05) is 0 Å². The number of ether oxygens (including phenoxy) is 3. The van der Waals surface area contributed by atoms with E-state index in [1.165, 1.54) is 0 Å². The third kappa shape index (κ3) is 7.99. The summed E-state index contributed by atoms with van der Waals surface area (Å²) in [6.07, 6.45) is -0.655. The van der Waals surface area contributed by atoms with Crippen LogP contribution in [0.2, 0.25) is 0 Å². The molecule has 0 aliphatic heterocycles. The number of rotatable bonds is 10. The molecule has 1 aromatic rings. The average molecular weight is 283 g/mol. The van der Waals surface area contributed by atoms with E-state index in [1.54, 1.807) is 24.3 Å². The Hall–Kier alpha value is -1.30. The third-order valence-electron chi connectivity index (χ3n) is 2.46. The second kappa shape index (κ2) is 9.58. The minimum absolute atomic E-state index is 0.191. The van der Waals surface area contributed by atoms with Gasteiger partial charge in [0.1, 0.15) is 18.5 Å². The van der Waals surface area contributed by atoms with Crippen LogP contribution in [-0.2, 0) is 9.47 Å². The number of nitrogen functional groups attached to an aromatic ring is 1. The molecule has 0 aromatic heterocycles. The molecule has 0 saturated heterocycles. The Labute approximate surface area is 120 Å². The topological polar surface area (TPSA) is 73.9 Å². The molecule has 0 saturated carbocycles. The zero-order chi connectivity index (χ0) is 14.8. The first kappa shape index (κ1) is 16.8. The van der Waals surface area contributed by atoms with Crippen molar-refractivity contribution in [1.29, 1.82) is 0 Å². The molecule has 0 bridgehead atoms. The van der Waals surface area contributed by atoms with Crippen molar-refractivity contribution in [3.8, 4) is 5.75 Å². The van der Waals surface area contributed by atoms with Gasteiger partial charge in [0.05, 0.1) is 19.8 Å². The van der Waals surface area contributed by atoms with Gasteiger partial charge >= 0.3 is 0 Å². The van der Waals surface area contributed by atoms with Gasteiger partial charge in [-0.1, -0.05) is 13.8 Å². The van der Waals surface area contributed by atoms with E-state index in [0.717, 1.165) is 6.61 Å². The van der Waals surface area contributed by atoms with Crippen LogP contribution in [0.1, 0.15) is 13.8 Å². The van der Waals surface area contributed by atoms with E-state index in [9.17, 15) is 5.11 Å². The lowest BCUT2D eigenvalue weighted by Crippen LogP contribution is -2.24. The Morgan fingerprint density at radius 1 is 1.00 bits per heavy atom. The first-order chi connectivity index (χ1) is 9.58. The maximum Gasteiger partial charge on any atom is 0.119 e. The normalized spacial score (nSPS) is 12.6. The number of aliphatic hydroxyl groups is 1.